The van der Waals surface area contributed by atoms with Gasteiger partial charge in [0.2, 0.25) is 5.91 Å². The highest BCUT2D eigenvalue weighted by Gasteiger charge is 2.29. The fourth-order valence-corrected chi connectivity index (χ4v) is 2.24. The molecule has 0 aliphatic heterocycles. The molecule has 0 radical (unpaired) electrons. The zero-order valence-electron chi connectivity index (χ0n) is 13.5. The summed E-state index contributed by atoms with van der Waals surface area (Å²) in [6.45, 7) is 7.92. The second kappa shape index (κ2) is 6.30. The fourth-order valence-electron chi connectivity index (χ4n) is 2.24. The molecule has 2 rings (SSSR count). The minimum absolute atomic E-state index is 0.114. The van der Waals surface area contributed by atoms with Crippen molar-refractivity contribution in [1.29, 1.82) is 0 Å². The predicted octanol–water partition coefficient (Wildman–Crippen LogP) is 4.87. The van der Waals surface area contributed by atoms with Gasteiger partial charge in [-0.15, -0.1) is 0 Å². The van der Waals surface area contributed by atoms with Crippen molar-refractivity contribution in [1.82, 2.24) is 0 Å². The van der Waals surface area contributed by atoms with Crippen molar-refractivity contribution < 1.29 is 9.18 Å². The van der Waals surface area contributed by atoms with Crippen LogP contribution in [0.1, 0.15) is 44.7 Å². The lowest BCUT2D eigenvalue weighted by atomic mass is 9.83. The molecular formula is C19H22FNO. The van der Waals surface area contributed by atoms with Gasteiger partial charge in [-0.25, -0.2) is 4.39 Å². The quantitative estimate of drug-likeness (QED) is 0.857. The minimum atomic E-state index is -0.732. The summed E-state index contributed by atoms with van der Waals surface area (Å²) in [5, 5.41) is 2.93. The lowest BCUT2D eigenvalue weighted by Crippen LogP contribution is -2.34. The molecule has 2 nitrogen and oxygen atoms in total. The Morgan fingerprint density at radius 1 is 1.00 bits per heavy atom. The summed E-state index contributed by atoms with van der Waals surface area (Å²) in [6, 6.07) is 13.9. The zero-order chi connectivity index (χ0) is 16.3. The molecule has 2 aromatic rings. The SMILES string of the molecule is CC(C)c1ccc(NC(=O)C(C)(C)c2ccc(F)cc2)cc1. The summed E-state index contributed by atoms with van der Waals surface area (Å²) in [5.41, 5.74) is 2.05. The molecule has 2 aromatic carbocycles. The summed E-state index contributed by atoms with van der Waals surface area (Å²) in [4.78, 5) is 12.5. The van der Waals surface area contributed by atoms with Crippen LogP contribution in [0.25, 0.3) is 0 Å². The van der Waals surface area contributed by atoms with Crippen molar-refractivity contribution in [2.75, 3.05) is 5.32 Å². The average Bonchev–Trinajstić information content (AvgIpc) is 2.48. The Labute approximate surface area is 131 Å². The van der Waals surface area contributed by atoms with Crippen molar-refractivity contribution in [3.05, 3.63) is 65.5 Å². The number of benzene rings is 2. The molecule has 0 aliphatic carbocycles. The van der Waals surface area contributed by atoms with Gasteiger partial charge in [-0.05, 0) is 55.2 Å². The maximum Gasteiger partial charge on any atom is 0.234 e. The van der Waals surface area contributed by atoms with E-state index in [0.717, 1.165) is 11.3 Å². The normalized spacial score (nSPS) is 11.5. The third-order valence-electron chi connectivity index (χ3n) is 3.97. The van der Waals surface area contributed by atoms with Gasteiger partial charge >= 0.3 is 0 Å². The molecule has 0 bridgehead atoms. The van der Waals surface area contributed by atoms with E-state index in [1.165, 1.54) is 17.7 Å². The number of carbonyl (C=O) groups is 1. The Bertz CT molecular complexity index is 642. The molecule has 0 unspecified atom stereocenters. The van der Waals surface area contributed by atoms with E-state index in [1.807, 2.05) is 38.1 Å². The van der Waals surface area contributed by atoms with Crippen LogP contribution < -0.4 is 5.32 Å². The molecule has 1 N–H and O–H groups in total. The van der Waals surface area contributed by atoms with E-state index in [2.05, 4.69) is 19.2 Å². The number of rotatable bonds is 4. The smallest absolute Gasteiger partial charge is 0.234 e. The van der Waals surface area contributed by atoms with Crippen LogP contribution in [0.4, 0.5) is 10.1 Å². The topological polar surface area (TPSA) is 29.1 Å². The largest absolute Gasteiger partial charge is 0.325 e. The molecule has 0 aliphatic rings. The van der Waals surface area contributed by atoms with Crippen LogP contribution >= 0.6 is 0 Å². The van der Waals surface area contributed by atoms with Gasteiger partial charge in [0.15, 0.2) is 0 Å². The van der Waals surface area contributed by atoms with E-state index in [0.29, 0.717) is 5.92 Å². The number of halogens is 1. The summed E-state index contributed by atoms with van der Waals surface area (Å²) >= 11 is 0. The van der Waals surface area contributed by atoms with E-state index in [9.17, 15) is 9.18 Å². The second-order valence-corrected chi connectivity index (χ2v) is 6.36. The van der Waals surface area contributed by atoms with Gasteiger partial charge in [0.1, 0.15) is 5.82 Å². The van der Waals surface area contributed by atoms with Gasteiger partial charge in [-0.2, -0.15) is 0 Å². The Balaban J connectivity index is 2.15. The van der Waals surface area contributed by atoms with Crippen molar-refractivity contribution in [3.8, 4) is 0 Å². The molecule has 0 spiro atoms. The molecule has 3 heteroatoms. The molecule has 22 heavy (non-hydrogen) atoms. The average molecular weight is 299 g/mol. The molecule has 0 atom stereocenters. The summed E-state index contributed by atoms with van der Waals surface area (Å²) in [7, 11) is 0. The number of nitrogens with one attached hydrogen (secondary N) is 1. The molecule has 0 aromatic heterocycles. The molecule has 116 valence electrons. The summed E-state index contributed by atoms with van der Waals surface area (Å²) in [5.74, 6) is 0.0426. The number of carbonyl (C=O) groups excluding carboxylic acids is 1. The Morgan fingerprint density at radius 3 is 2.05 bits per heavy atom. The van der Waals surface area contributed by atoms with Crippen molar-refractivity contribution in [3.63, 3.8) is 0 Å². The Kier molecular flexibility index (Phi) is 4.65. The molecule has 0 heterocycles. The lowest BCUT2D eigenvalue weighted by molar-refractivity contribution is -0.120. The van der Waals surface area contributed by atoms with Crippen LogP contribution in [-0.2, 0) is 10.2 Å². The predicted molar refractivity (Wildman–Crippen MR) is 88.6 cm³/mol. The highest BCUT2D eigenvalue weighted by molar-refractivity contribution is 5.98. The van der Waals surface area contributed by atoms with Gasteiger partial charge in [0.05, 0.1) is 5.41 Å². The van der Waals surface area contributed by atoms with Crippen LogP contribution in [0.15, 0.2) is 48.5 Å². The van der Waals surface area contributed by atoms with Crippen molar-refractivity contribution >= 4 is 11.6 Å². The third-order valence-corrected chi connectivity index (χ3v) is 3.97. The highest BCUT2D eigenvalue weighted by Crippen LogP contribution is 2.26. The molecule has 0 saturated carbocycles. The number of anilines is 1. The maximum absolute atomic E-state index is 13.0. The first-order valence-corrected chi connectivity index (χ1v) is 7.48. The first-order valence-electron chi connectivity index (χ1n) is 7.48. The van der Waals surface area contributed by atoms with Gasteiger partial charge in [-0.1, -0.05) is 38.1 Å². The summed E-state index contributed by atoms with van der Waals surface area (Å²) in [6.07, 6.45) is 0. The van der Waals surface area contributed by atoms with Crippen LogP contribution in [0.5, 0.6) is 0 Å². The Morgan fingerprint density at radius 2 is 1.55 bits per heavy atom. The first-order chi connectivity index (χ1) is 10.3. The van der Waals surface area contributed by atoms with Crippen LogP contribution in [0.2, 0.25) is 0 Å². The van der Waals surface area contributed by atoms with E-state index in [-0.39, 0.29) is 11.7 Å². The van der Waals surface area contributed by atoms with Crippen molar-refractivity contribution in [2.45, 2.75) is 39.0 Å². The monoisotopic (exact) mass is 299 g/mol. The number of hydrogen-bond donors (Lipinski definition) is 1. The van der Waals surface area contributed by atoms with E-state index in [4.69, 9.17) is 0 Å². The molecule has 0 fully saturated rings. The molecule has 0 saturated heterocycles. The van der Waals surface area contributed by atoms with E-state index in [1.54, 1.807) is 12.1 Å². The van der Waals surface area contributed by atoms with Crippen LogP contribution in [0, 0.1) is 5.82 Å². The molecular weight excluding hydrogens is 277 g/mol. The van der Waals surface area contributed by atoms with E-state index < -0.39 is 5.41 Å². The fraction of sp³-hybridized carbons (Fsp3) is 0.316. The lowest BCUT2D eigenvalue weighted by Gasteiger charge is -2.24. The third kappa shape index (κ3) is 3.53. The zero-order valence-corrected chi connectivity index (χ0v) is 13.5. The van der Waals surface area contributed by atoms with Gasteiger partial charge in [0.25, 0.3) is 0 Å². The Hall–Kier alpha value is -2.16. The van der Waals surface area contributed by atoms with Gasteiger partial charge in [-0.3, -0.25) is 4.79 Å². The van der Waals surface area contributed by atoms with E-state index >= 15 is 0 Å². The van der Waals surface area contributed by atoms with Crippen LogP contribution in [0.3, 0.4) is 0 Å². The molecule has 1 amide bonds. The second-order valence-electron chi connectivity index (χ2n) is 6.36. The number of amides is 1. The summed E-state index contributed by atoms with van der Waals surface area (Å²) < 4.78 is 13.0. The highest BCUT2D eigenvalue weighted by atomic mass is 19.1. The van der Waals surface area contributed by atoms with Gasteiger partial charge in [0, 0.05) is 5.69 Å². The number of hydrogen-bond acceptors (Lipinski definition) is 1. The van der Waals surface area contributed by atoms with Crippen molar-refractivity contribution in [2.24, 2.45) is 0 Å². The first kappa shape index (κ1) is 16.2. The minimum Gasteiger partial charge on any atom is -0.325 e. The van der Waals surface area contributed by atoms with Gasteiger partial charge < -0.3 is 5.32 Å². The standard InChI is InChI=1S/C19H22FNO/c1-13(2)14-5-11-17(12-6-14)21-18(22)19(3,4)15-7-9-16(20)10-8-15/h5-13H,1-4H3,(H,21,22). The van der Waals surface area contributed by atoms with Crippen LogP contribution in [-0.4, -0.2) is 5.91 Å². The maximum atomic E-state index is 13.0.